The van der Waals surface area contributed by atoms with Crippen LogP contribution in [0.1, 0.15) is 0 Å². The minimum Gasteiger partial charge on any atom is -0.354 e. The first-order chi connectivity index (χ1) is 17.9. The molecular weight excluding hydrogens is 438 g/mol. The van der Waals surface area contributed by atoms with Gasteiger partial charge >= 0.3 is 0 Å². The number of fused-ring (bicyclic) bond motifs is 9. The van der Waals surface area contributed by atoms with Crippen molar-refractivity contribution in [3.63, 3.8) is 0 Å². The van der Waals surface area contributed by atoms with Crippen molar-refractivity contribution in [3.8, 4) is 16.8 Å². The minimum atomic E-state index is 1.06. The van der Waals surface area contributed by atoms with E-state index in [1.54, 1.807) is 0 Å². The average Bonchev–Trinajstić information content (AvgIpc) is 3.55. The van der Waals surface area contributed by atoms with Crippen molar-refractivity contribution < 1.29 is 0 Å². The first-order valence-corrected chi connectivity index (χ1v) is 12.2. The molecule has 0 aliphatic heterocycles. The number of rotatable bonds is 2. The first kappa shape index (κ1) is 19.4. The summed E-state index contributed by atoms with van der Waals surface area (Å²) in [5, 5.41) is 13.5. The Kier molecular flexibility index (Phi) is 3.94. The Morgan fingerprint density at radius 3 is 2.14 bits per heavy atom. The average molecular weight is 460 g/mol. The zero-order valence-electron chi connectivity index (χ0n) is 19.4. The fourth-order valence-corrected chi connectivity index (χ4v) is 5.81. The third-order valence-corrected chi connectivity index (χ3v) is 7.38. The minimum absolute atomic E-state index is 1.06. The molecule has 168 valence electrons. The van der Waals surface area contributed by atoms with Gasteiger partial charge in [-0.1, -0.05) is 78.9 Å². The van der Waals surface area contributed by atoms with Gasteiger partial charge in [0.05, 0.1) is 17.4 Å². The number of H-pyrrole nitrogens is 1. The number of aromatic amines is 1. The number of hydrogen-bond donors (Lipinski definition) is 1. The van der Waals surface area contributed by atoms with Gasteiger partial charge in [-0.25, -0.2) is 4.68 Å². The van der Waals surface area contributed by atoms with E-state index in [0.717, 1.165) is 27.6 Å². The van der Waals surface area contributed by atoms with Crippen LogP contribution in [0, 0.1) is 0 Å². The molecule has 0 fully saturated rings. The number of nitrogens with zero attached hydrogens (tertiary/aromatic N) is 2. The monoisotopic (exact) mass is 459 g/mol. The molecule has 8 rings (SSSR count). The number of benzene rings is 6. The van der Waals surface area contributed by atoms with Gasteiger partial charge in [-0.15, -0.1) is 0 Å². The first-order valence-electron chi connectivity index (χ1n) is 12.2. The van der Waals surface area contributed by atoms with Crippen molar-refractivity contribution in [2.45, 2.75) is 0 Å². The van der Waals surface area contributed by atoms with Gasteiger partial charge in [-0.05, 0) is 63.7 Å². The van der Waals surface area contributed by atoms with Crippen LogP contribution in [-0.2, 0) is 0 Å². The van der Waals surface area contributed by atoms with Gasteiger partial charge in [0.1, 0.15) is 0 Å². The van der Waals surface area contributed by atoms with Crippen LogP contribution in [0.2, 0.25) is 0 Å². The zero-order chi connectivity index (χ0) is 23.6. The molecule has 0 saturated carbocycles. The normalized spacial score (nSPS) is 11.9. The predicted molar refractivity (Wildman–Crippen MR) is 151 cm³/mol. The molecule has 0 amide bonds. The number of aromatic nitrogens is 3. The second-order valence-electron chi connectivity index (χ2n) is 9.36. The Balaban J connectivity index is 1.58. The Morgan fingerprint density at radius 2 is 1.28 bits per heavy atom. The van der Waals surface area contributed by atoms with Crippen LogP contribution < -0.4 is 0 Å². The summed E-state index contributed by atoms with van der Waals surface area (Å²) in [5.74, 6) is 0. The van der Waals surface area contributed by atoms with Gasteiger partial charge in [0.15, 0.2) is 0 Å². The van der Waals surface area contributed by atoms with Crippen LogP contribution in [0.15, 0.2) is 121 Å². The Labute approximate surface area is 207 Å². The summed E-state index contributed by atoms with van der Waals surface area (Å²) < 4.78 is 2.03. The van der Waals surface area contributed by atoms with Gasteiger partial charge in [0.2, 0.25) is 0 Å². The lowest BCUT2D eigenvalue weighted by atomic mass is 9.90. The quantitative estimate of drug-likeness (QED) is 0.258. The van der Waals surface area contributed by atoms with E-state index in [-0.39, 0.29) is 0 Å². The molecule has 0 atom stereocenters. The molecule has 2 heterocycles. The summed E-state index contributed by atoms with van der Waals surface area (Å²) in [7, 11) is 0. The van der Waals surface area contributed by atoms with Crippen LogP contribution in [0.25, 0.3) is 71.1 Å². The molecule has 3 nitrogen and oxygen atoms in total. The predicted octanol–water partition coefficient (Wildman–Crippen LogP) is 8.63. The van der Waals surface area contributed by atoms with Crippen LogP contribution in [0.4, 0.5) is 0 Å². The Hall–Kier alpha value is -4.89. The highest BCUT2D eigenvalue weighted by atomic mass is 15.3. The standard InChI is InChI=1S/C33H21N3/c1-3-9-21(10-4-1)26-19-22-11-7-8-14-24(22)31-25(26)15-16-29-33(31)32-27-20-34-36(23-12-5-2-6-13-23)30(27)18-17-28(32)35-29/h1-20,35H. The SMILES string of the molecule is c1ccc(-c2cc3ccccc3c3c2ccc2[nH]c4ccc5c(cnn5-c5ccccc5)c4c23)cc1. The molecule has 6 aromatic carbocycles. The molecule has 0 unspecified atom stereocenters. The molecule has 0 aliphatic rings. The van der Waals surface area contributed by atoms with E-state index < -0.39 is 0 Å². The topological polar surface area (TPSA) is 33.6 Å². The Morgan fingerprint density at radius 1 is 0.556 bits per heavy atom. The second kappa shape index (κ2) is 7.30. The second-order valence-corrected chi connectivity index (χ2v) is 9.36. The van der Waals surface area contributed by atoms with E-state index in [0.29, 0.717) is 0 Å². The van der Waals surface area contributed by atoms with E-state index in [9.17, 15) is 0 Å². The van der Waals surface area contributed by atoms with E-state index >= 15 is 0 Å². The Bertz CT molecular complexity index is 2080. The van der Waals surface area contributed by atoms with Gasteiger partial charge in [0.25, 0.3) is 0 Å². The molecule has 36 heavy (non-hydrogen) atoms. The number of nitrogens with one attached hydrogen (secondary N) is 1. The summed E-state index contributed by atoms with van der Waals surface area (Å²) in [5.41, 5.74) is 6.94. The van der Waals surface area contributed by atoms with Crippen molar-refractivity contribution in [2.75, 3.05) is 0 Å². The summed E-state index contributed by atoms with van der Waals surface area (Å²) in [4.78, 5) is 3.70. The molecule has 0 aliphatic carbocycles. The van der Waals surface area contributed by atoms with Crippen LogP contribution in [-0.4, -0.2) is 14.8 Å². The zero-order valence-corrected chi connectivity index (χ0v) is 19.4. The smallest absolute Gasteiger partial charge is 0.0748 e. The fourth-order valence-electron chi connectivity index (χ4n) is 5.81. The van der Waals surface area contributed by atoms with Gasteiger partial charge in [0, 0.05) is 32.6 Å². The van der Waals surface area contributed by atoms with Gasteiger partial charge in [-0.2, -0.15) is 5.10 Å². The van der Waals surface area contributed by atoms with Crippen molar-refractivity contribution in [2.24, 2.45) is 0 Å². The summed E-state index contributed by atoms with van der Waals surface area (Å²) in [6.45, 7) is 0. The summed E-state index contributed by atoms with van der Waals surface area (Å²) >= 11 is 0. The van der Waals surface area contributed by atoms with Crippen molar-refractivity contribution in [1.82, 2.24) is 14.8 Å². The third-order valence-electron chi connectivity index (χ3n) is 7.38. The maximum atomic E-state index is 4.81. The highest BCUT2D eigenvalue weighted by Crippen LogP contribution is 2.43. The van der Waals surface area contributed by atoms with Gasteiger partial charge in [-0.3, -0.25) is 0 Å². The largest absolute Gasteiger partial charge is 0.354 e. The van der Waals surface area contributed by atoms with E-state index in [2.05, 4.69) is 114 Å². The summed E-state index contributed by atoms with van der Waals surface area (Å²) in [6, 6.07) is 41.0. The van der Waals surface area contributed by atoms with Crippen molar-refractivity contribution in [3.05, 3.63) is 121 Å². The molecule has 0 radical (unpaired) electrons. The number of para-hydroxylation sites is 1. The summed E-state index contributed by atoms with van der Waals surface area (Å²) in [6.07, 6.45) is 2.01. The highest BCUT2D eigenvalue weighted by Gasteiger charge is 2.18. The van der Waals surface area contributed by atoms with Crippen LogP contribution in [0.3, 0.4) is 0 Å². The maximum Gasteiger partial charge on any atom is 0.0748 e. The van der Waals surface area contributed by atoms with E-state index in [1.165, 1.54) is 43.4 Å². The number of hydrogen-bond acceptors (Lipinski definition) is 1. The molecular formula is C33H21N3. The third kappa shape index (κ3) is 2.65. The fraction of sp³-hybridized carbons (Fsp3) is 0. The van der Waals surface area contributed by atoms with Crippen LogP contribution in [0.5, 0.6) is 0 Å². The lowest BCUT2D eigenvalue weighted by Crippen LogP contribution is -1.94. The van der Waals surface area contributed by atoms with E-state index in [4.69, 9.17) is 5.10 Å². The molecule has 3 heteroatoms. The van der Waals surface area contributed by atoms with Crippen LogP contribution >= 0.6 is 0 Å². The maximum absolute atomic E-state index is 4.81. The van der Waals surface area contributed by atoms with E-state index in [1.807, 2.05) is 16.9 Å². The molecule has 0 spiro atoms. The molecule has 1 N–H and O–H groups in total. The lowest BCUT2D eigenvalue weighted by molar-refractivity contribution is 0.911. The highest BCUT2D eigenvalue weighted by molar-refractivity contribution is 6.33. The van der Waals surface area contributed by atoms with Crippen molar-refractivity contribution >= 4 is 54.3 Å². The molecule has 0 saturated heterocycles. The van der Waals surface area contributed by atoms with Gasteiger partial charge < -0.3 is 4.98 Å². The molecule has 0 bridgehead atoms. The molecule has 8 aromatic rings. The lowest BCUT2D eigenvalue weighted by Gasteiger charge is -2.12. The van der Waals surface area contributed by atoms with Crippen molar-refractivity contribution in [1.29, 1.82) is 0 Å². The molecule has 2 aromatic heterocycles.